The number of rotatable bonds is 6. The Morgan fingerprint density at radius 1 is 1.32 bits per heavy atom. The smallest absolute Gasteiger partial charge is 0.322 e. The van der Waals surface area contributed by atoms with E-state index in [0.717, 1.165) is 12.1 Å². The van der Waals surface area contributed by atoms with E-state index in [2.05, 4.69) is 30.5 Å². The number of nitrogens with zero attached hydrogens (tertiary/aromatic N) is 5. The third-order valence-corrected chi connectivity index (χ3v) is 2.25. The van der Waals surface area contributed by atoms with Crippen molar-refractivity contribution in [3.05, 3.63) is 29.3 Å². The van der Waals surface area contributed by atoms with Crippen LogP contribution in [0.5, 0.6) is 6.01 Å². The van der Waals surface area contributed by atoms with E-state index in [-0.39, 0.29) is 11.3 Å². The second-order valence-electron chi connectivity index (χ2n) is 3.63. The maximum Gasteiger partial charge on any atom is 0.322 e. The minimum atomic E-state index is 0.0859. The van der Waals surface area contributed by atoms with Crippen molar-refractivity contribution in [3.8, 4) is 6.01 Å². The van der Waals surface area contributed by atoms with Crippen molar-refractivity contribution in [2.45, 2.75) is 19.9 Å². The highest BCUT2D eigenvalue weighted by Crippen LogP contribution is 2.12. The van der Waals surface area contributed by atoms with Crippen LogP contribution in [-0.2, 0) is 6.54 Å². The summed E-state index contributed by atoms with van der Waals surface area (Å²) in [7, 11) is 0. The third kappa shape index (κ3) is 4.29. The van der Waals surface area contributed by atoms with Crippen LogP contribution in [0.3, 0.4) is 0 Å². The fraction of sp³-hybridized carbons (Fsp3) is 0.364. The third-order valence-electron chi connectivity index (χ3n) is 2.08. The van der Waals surface area contributed by atoms with Crippen LogP contribution in [0.1, 0.15) is 19.0 Å². The molecule has 0 aromatic carbocycles. The molecule has 0 saturated heterocycles. The Morgan fingerprint density at radius 3 is 2.95 bits per heavy atom. The molecule has 0 fully saturated rings. The van der Waals surface area contributed by atoms with Crippen LogP contribution >= 0.6 is 11.6 Å². The van der Waals surface area contributed by atoms with Crippen molar-refractivity contribution in [1.82, 2.24) is 25.1 Å². The normalized spacial score (nSPS) is 10.2. The fourth-order valence-corrected chi connectivity index (χ4v) is 1.42. The van der Waals surface area contributed by atoms with Crippen LogP contribution in [0, 0.1) is 0 Å². The summed E-state index contributed by atoms with van der Waals surface area (Å²) >= 11 is 5.80. The zero-order chi connectivity index (χ0) is 13.5. The summed E-state index contributed by atoms with van der Waals surface area (Å²) in [5.74, 6) is 0.344. The fourth-order valence-electron chi connectivity index (χ4n) is 1.27. The van der Waals surface area contributed by atoms with Gasteiger partial charge in [0.1, 0.15) is 0 Å². The molecule has 2 aromatic rings. The molecule has 0 radical (unpaired) electrons. The second-order valence-corrected chi connectivity index (χ2v) is 3.97. The lowest BCUT2D eigenvalue weighted by atomic mass is 10.4. The Bertz CT molecular complexity index is 524. The van der Waals surface area contributed by atoms with Crippen LogP contribution in [-0.4, -0.2) is 31.8 Å². The Kier molecular flexibility index (Phi) is 4.79. The zero-order valence-corrected chi connectivity index (χ0v) is 11.1. The molecule has 2 heterocycles. The lowest BCUT2D eigenvalue weighted by Crippen LogP contribution is -2.08. The Balaban J connectivity index is 2.01. The largest absolute Gasteiger partial charge is 0.463 e. The topological polar surface area (TPSA) is 85.7 Å². The summed E-state index contributed by atoms with van der Waals surface area (Å²) in [5.41, 5.74) is 0.773. The van der Waals surface area contributed by atoms with Gasteiger partial charge in [-0.3, -0.25) is 0 Å². The van der Waals surface area contributed by atoms with E-state index in [0.29, 0.717) is 19.1 Å². The van der Waals surface area contributed by atoms with Crippen molar-refractivity contribution in [1.29, 1.82) is 0 Å². The number of ether oxygens (including phenoxy) is 1. The number of nitrogens with one attached hydrogen (secondary N) is 1. The molecule has 0 unspecified atom stereocenters. The van der Waals surface area contributed by atoms with Crippen molar-refractivity contribution >= 4 is 17.5 Å². The number of anilines is 1. The van der Waals surface area contributed by atoms with Crippen LogP contribution in [0.15, 0.2) is 18.3 Å². The molecule has 0 aliphatic heterocycles. The summed E-state index contributed by atoms with van der Waals surface area (Å²) in [4.78, 5) is 11.9. The number of hydrogen-bond donors (Lipinski definition) is 1. The summed E-state index contributed by atoms with van der Waals surface area (Å²) in [5, 5.41) is 10.8. The first kappa shape index (κ1) is 13.4. The van der Waals surface area contributed by atoms with Crippen molar-refractivity contribution < 1.29 is 4.74 Å². The number of halogens is 1. The monoisotopic (exact) mass is 280 g/mol. The minimum Gasteiger partial charge on any atom is -0.463 e. The van der Waals surface area contributed by atoms with Crippen LogP contribution in [0.25, 0.3) is 0 Å². The standard InChI is InChI=1S/C11H13ClN6O/c1-2-6-19-11-16-9(12)15-10(17-11)13-7-8-4-3-5-14-18-8/h3-5H,2,6-7H2,1H3,(H,13,15,16,17). The first-order valence-corrected chi connectivity index (χ1v) is 6.20. The lowest BCUT2D eigenvalue weighted by Gasteiger charge is -2.06. The molecular formula is C11H13ClN6O. The molecule has 7 nitrogen and oxygen atoms in total. The molecule has 100 valence electrons. The van der Waals surface area contributed by atoms with Gasteiger partial charge in [-0.2, -0.15) is 25.1 Å². The molecular weight excluding hydrogens is 268 g/mol. The molecule has 0 saturated carbocycles. The highest BCUT2D eigenvalue weighted by atomic mass is 35.5. The van der Waals surface area contributed by atoms with Gasteiger partial charge in [-0.25, -0.2) is 0 Å². The molecule has 2 aromatic heterocycles. The van der Waals surface area contributed by atoms with Crippen LogP contribution in [0.2, 0.25) is 5.28 Å². The Labute approximate surface area is 115 Å². The zero-order valence-electron chi connectivity index (χ0n) is 10.4. The summed E-state index contributed by atoms with van der Waals surface area (Å²) in [6.45, 7) is 2.97. The van der Waals surface area contributed by atoms with Gasteiger partial charge >= 0.3 is 6.01 Å². The predicted octanol–water partition coefficient (Wildman–Crippen LogP) is 1.72. The molecule has 0 aliphatic rings. The van der Waals surface area contributed by atoms with Gasteiger partial charge in [0.15, 0.2) is 0 Å². The Hall–Kier alpha value is -2.02. The van der Waals surface area contributed by atoms with E-state index in [4.69, 9.17) is 16.3 Å². The quantitative estimate of drug-likeness (QED) is 0.862. The first-order chi connectivity index (χ1) is 9.28. The van der Waals surface area contributed by atoms with Gasteiger partial charge in [0.2, 0.25) is 11.2 Å². The molecule has 2 rings (SSSR count). The van der Waals surface area contributed by atoms with E-state index in [1.807, 2.05) is 13.0 Å². The van der Waals surface area contributed by atoms with Gasteiger partial charge in [-0.15, -0.1) is 0 Å². The molecule has 0 aliphatic carbocycles. The Morgan fingerprint density at radius 2 is 2.21 bits per heavy atom. The first-order valence-electron chi connectivity index (χ1n) is 5.82. The van der Waals surface area contributed by atoms with Gasteiger partial charge in [0, 0.05) is 6.20 Å². The van der Waals surface area contributed by atoms with Gasteiger partial charge in [0.05, 0.1) is 18.8 Å². The predicted molar refractivity (Wildman–Crippen MR) is 70.0 cm³/mol. The molecule has 0 bridgehead atoms. The summed E-state index contributed by atoms with van der Waals surface area (Å²) < 4.78 is 5.31. The van der Waals surface area contributed by atoms with Gasteiger partial charge in [0.25, 0.3) is 0 Å². The van der Waals surface area contributed by atoms with E-state index < -0.39 is 0 Å². The van der Waals surface area contributed by atoms with Gasteiger partial charge in [-0.05, 0) is 30.2 Å². The molecule has 0 spiro atoms. The van der Waals surface area contributed by atoms with Crippen LogP contribution < -0.4 is 10.1 Å². The molecule has 8 heteroatoms. The van der Waals surface area contributed by atoms with E-state index in [1.165, 1.54) is 0 Å². The maximum atomic E-state index is 5.80. The van der Waals surface area contributed by atoms with Crippen molar-refractivity contribution in [2.24, 2.45) is 0 Å². The van der Waals surface area contributed by atoms with E-state index >= 15 is 0 Å². The second kappa shape index (κ2) is 6.79. The number of aromatic nitrogens is 5. The minimum absolute atomic E-state index is 0.0859. The average Bonchev–Trinajstić information content (AvgIpc) is 2.43. The summed E-state index contributed by atoms with van der Waals surface area (Å²) in [6, 6.07) is 3.86. The highest BCUT2D eigenvalue weighted by Gasteiger charge is 2.06. The van der Waals surface area contributed by atoms with Gasteiger partial charge < -0.3 is 10.1 Å². The van der Waals surface area contributed by atoms with Crippen molar-refractivity contribution in [2.75, 3.05) is 11.9 Å². The molecule has 0 amide bonds. The molecule has 0 atom stereocenters. The average molecular weight is 281 g/mol. The summed E-state index contributed by atoms with van der Waals surface area (Å²) in [6.07, 6.45) is 2.48. The van der Waals surface area contributed by atoms with E-state index in [9.17, 15) is 0 Å². The SMILES string of the molecule is CCCOc1nc(Cl)nc(NCc2cccnn2)n1. The molecule has 19 heavy (non-hydrogen) atoms. The number of hydrogen-bond acceptors (Lipinski definition) is 7. The van der Waals surface area contributed by atoms with Crippen molar-refractivity contribution in [3.63, 3.8) is 0 Å². The lowest BCUT2D eigenvalue weighted by molar-refractivity contribution is 0.291. The molecule has 1 N–H and O–H groups in total. The maximum absolute atomic E-state index is 5.80. The van der Waals surface area contributed by atoms with Crippen LogP contribution in [0.4, 0.5) is 5.95 Å². The highest BCUT2D eigenvalue weighted by molar-refractivity contribution is 6.28. The van der Waals surface area contributed by atoms with E-state index in [1.54, 1.807) is 12.3 Å². The van der Waals surface area contributed by atoms with Gasteiger partial charge in [-0.1, -0.05) is 6.92 Å².